The molecule has 1 heterocycles. The fourth-order valence-corrected chi connectivity index (χ4v) is 2.55. The molecule has 4 nitrogen and oxygen atoms in total. The zero-order valence-corrected chi connectivity index (χ0v) is 14.9. The Balaban J connectivity index is 1.84. The van der Waals surface area contributed by atoms with E-state index in [4.69, 9.17) is 9.47 Å². The van der Waals surface area contributed by atoms with E-state index in [2.05, 4.69) is 18.8 Å². The fraction of sp³-hybridized carbons (Fsp3) is 0.182. The van der Waals surface area contributed by atoms with Gasteiger partial charge in [0.05, 0.1) is 12.4 Å². The molecule has 0 atom stereocenters. The first-order valence-corrected chi connectivity index (χ1v) is 8.70. The van der Waals surface area contributed by atoms with Gasteiger partial charge in [0.2, 0.25) is 0 Å². The van der Waals surface area contributed by atoms with Gasteiger partial charge in [-0.1, -0.05) is 38.1 Å². The second kappa shape index (κ2) is 8.30. The Kier molecular flexibility index (Phi) is 5.64. The molecule has 0 saturated carbocycles. The summed E-state index contributed by atoms with van der Waals surface area (Å²) in [7, 11) is 0. The lowest BCUT2D eigenvalue weighted by Crippen LogP contribution is -1.97. The first-order chi connectivity index (χ1) is 12.7. The molecule has 0 radical (unpaired) electrons. The largest absolute Gasteiger partial charge is 0.455 e. The molecule has 0 N–H and O–H groups in total. The second-order valence-corrected chi connectivity index (χ2v) is 5.87. The van der Waals surface area contributed by atoms with Crippen molar-refractivity contribution in [1.29, 1.82) is 0 Å². The summed E-state index contributed by atoms with van der Waals surface area (Å²) in [5.74, 6) is 2.03. The van der Waals surface area contributed by atoms with Crippen LogP contribution in [-0.2, 0) is 12.8 Å². The number of aromatic nitrogens is 1. The van der Waals surface area contributed by atoms with Crippen LogP contribution in [0.2, 0.25) is 0 Å². The van der Waals surface area contributed by atoms with Gasteiger partial charge in [0, 0.05) is 0 Å². The number of rotatable bonds is 7. The number of aryl methyl sites for hydroxylation is 2. The quantitative estimate of drug-likeness (QED) is 0.522. The summed E-state index contributed by atoms with van der Waals surface area (Å²) in [6, 6.07) is 15.5. The number of pyridine rings is 1. The predicted octanol–water partition coefficient (Wildman–Crippen LogP) is 5.60. The van der Waals surface area contributed by atoms with E-state index in [0.717, 1.165) is 19.1 Å². The maximum Gasteiger partial charge on any atom is 0.159 e. The number of benzene rings is 2. The van der Waals surface area contributed by atoms with E-state index in [1.807, 2.05) is 48.5 Å². The van der Waals surface area contributed by atoms with Gasteiger partial charge >= 0.3 is 0 Å². The van der Waals surface area contributed by atoms with Crippen LogP contribution in [-0.4, -0.2) is 11.3 Å². The number of hydrogen-bond acceptors (Lipinski definition) is 4. The van der Waals surface area contributed by atoms with E-state index in [1.54, 1.807) is 0 Å². The monoisotopic (exact) mass is 347 g/mol. The molecule has 3 rings (SSSR count). The normalized spacial score (nSPS) is 10.4. The van der Waals surface area contributed by atoms with E-state index in [1.165, 1.54) is 23.5 Å². The van der Waals surface area contributed by atoms with Crippen LogP contribution in [0.3, 0.4) is 0 Å². The van der Waals surface area contributed by atoms with Crippen LogP contribution in [0, 0.1) is 0 Å². The molecule has 0 fully saturated rings. The smallest absolute Gasteiger partial charge is 0.159 e. The lowest BCUT2D eigenvalue weighted by atomic mass is 10.1. The molecule has 4 heteroatoms. The molecule has 26 heavy (non-hydrogen) atoms. The summed E-state index contributed by atoms with van der Waals surface area (Å²) >= 11 is 0. The molecule has 0 saturated heterocycles. The van der Waals surface area contributed by atoms with E-state index >= 15 is 0 Å². The highest BCUT2D eigenvalue weighted by molar-refractivity contribution is 5.83. The first-order valence-electron chi connectivity index (χ1n) is 8.70. The van der Waals surface area contributed by atoms with Crippen LogP contribution < -0.4 is 9.47 Å². The Morgan fingerprint density at radius 2 is 1.19 bits per heavy atom. The van der Waals surface area contributed by atoms with Crippen molar-refractivity contribution >= 4 is 6.29 Å². The minimum atomic E-state index is 0.333. The van der Waals surface area contributed by atoms with Crippen molar-refractivity contribution in [2.24, 2.45) is 0 Å². The Hall–Kier alpha value is -3.14. The summed E-state index contributed by atoms with van der Waals surface area (Å²) in [4.78, 5) is 15.8. The minimum Gasteiger partial charge on any atom is -0.455 e. The van der Waals surface area contributed by atoms with Gasteiger partial charge in [0.15, 0.2) is 17.8 Å². The molecule has 0 amide bonds. The predicted molar refractivity (Wildman–Crippen MR) is 101 cm³/mol. The summed E-state index contributed by atoms with van der Waals surface area (Å²) in [5, 5.41) is 0. The maximum absolute atomic E-state index is 11.6. The highest BCUT2D eigenvalue weighted by atomic mass is 16.5. The highest BCUT2D eigenvalue weighted by Crippen LogP contribution is 2.32. The van der Waals surface area contributed by atoms with Crippen LogP contribution >= 0.6 is 0 Å². The number of ether oxygens (including phenoxy) is 2. The topological polar surface area (TPSA) is 48.4 Å². The van der Waals surface area contributed by atoms with Gasteiger partial charge in [-0.15, -0.1) is 0 Å². The van der Waals surface area contributed by atoms with Crippen molar-refractivity contribution < 1.29 is 14.3 Å². The lowest BCUT2D eigenvalue weighted by molar-refractivity contribution is 0.111. The summed E-state index contributed by atoms with van der Waals surface area (Å²) in [5.41, 5.74) is 2.77. The Labute approximate surface area is 153 Å². The van der Waals surface area contributed by atoms with Crippen LogP contribution in [0.25, 0.3) is 0 Å². The minimum absolute atomic E-state index is 0.333. The van der Waals surface area contributed by atoms with Gasteiger partial charge in [-0.25, -0.2) is 0 Å². The molecule has 0 aliphatic heterocycles. The fourth-order valence-electron chi connectivity index (χ4n) is 2.55. The van der Waals surface area contributed by atoms with Crippen LogP contribution in [0.5, 0.6) is 23.0 Å². The number of aldehydes is 1. The second-order valence-electron chi connectivity index (χ2n) is 5.87. The third-order valence-corrected chi connectivity index (χ3v) is 4.15. The van der Waals surface area contributed by atoms with Crippen molar-refractivity contribution in [2.45, 2.75) is 26.7 Å². The van der Waals surface area contributed by atoms with Crippen molar-refractivity contribution in [2.75, 3.05) is 0 Å². The third-order valence-electron chi connectivity index (χ3n) is 4.15. The molecule has 0 spiro atoms. The van der Waals surface area contributed by atoms with E-state index < -0.39 is 0 Å². The molecule has 3 aromatic rings. The van der Waals surface area contributed by atoms with Crippen molar-refractivity contribution in [1.82, 2.24) is 4.98 Å². The van der Waals surface area contributed by atoms with Crippen LogP contribution in [0.4, 0.5) is 0 Å². The molecule has 0 bridgehead atoms. The maximum atomic E-state index is 11.6. The standard InChI is InChI=1S/C22H21NO3/c1-3-16-5-9-18(10-6-16)25-21-13-23-14-22(20(21)15-24)26-19-11-7-17(4-2)8-12-19/h5-15H,3-4H2,1-2H3. The average molecular weight is 347 g/mol. The Morgan fingerprint density at radius 3 is 1.54 bits per heavy atom. The lowest BCUT2D eigenvalue weighted by Gasteiger charge is -2.12. The molecule has 132 valence electrons. The summed E-state index contributed by atoms with van der Waals surface area (Å²) in [6.07, 6.45) is 5.69. The van der Waals surface area contributed by atoms with Gasteiger partial charge < -0.3 is 9.47 Å². The zero-order valence-electron chi connectivity index (χ0n) is 14.9. The molecule has 0 aliphatic carbocycles. The SMILES string of the molecule is CCc1ccc(Oc2cncc(Oc3ccc(CC)cc3)c2C=O)cc1. The Bertz CT molecular complexity index is 803. The number of carbonyl (C=O) groups excluding carboxylic acids is 1. The number of nitrogens with zero attached hydrogens (tertiary/aromatic N) is 1. The highest BCUT2D eigenvalue weighted by Gasteiger charge is 2.13. The van der Waals surface area contributed by atoms with E-state index in [-0.39, 0.29) is 0 Å². The van der Waals surface area contributed by atoms with Crippen molar-refractivity contribution in [3.8, 4) is 23.0 Å². The van der Waals surface area contributed by atoms with Gasteiger partial charge in [0.1, 0.15) is 17.1 Å². The molecular formula is C22H21NO3. The summed E-state index contributed by atoms with van der Waals surface area (Å²) < 4.78 is 11.7. The van der Waals surface area contributed by atoms with Gasteiger partial charge in [-0.2, -0.15) is 0 Å². The third kappa shape index (κ3) is 4.09. The van der Waals surface area contributed by atoms with Gasteiger partial charge in [0.25, 0.3) is 0 Å². The Morgan fingerprint density at radius 1 is 0.769 bits per heavy atom. The van der Waals surface area contributed by atoms with Crippen molar-refractivity contribution in [3.05, 3.63) is 77.6 Å². The van der Waals surface area contributed by atoms with Gasteiger partial charge in [-0.05, 0) is 48.2 Å². The first kappa shape index (κ1) is 17.7. The molecule has 1 aromatic heterocycles. The van der Waals surface area contributed by atoms with Gasteiger partial charge in [-0.3, -0.25) is 9.78 Å². The number of hydrogen-bond donors (Lipinski definition) is 0. The molecule has 2 aromatic carbocycles. The van der Waals surface area contributed by atoms with Crippen LogP contribution in [0.15, 0.2) is 60.9 Å². The molecular weight excluding hydrogens is 326 g/mol. The summed E-state index contributed by atoms with van der Waals surface area (Å²) in [6.45, 7) is 4.19. The van der Waals surface area contributed by atoms with E-state index in [9.17, 15) is 4.79 Å². The van der Waals surface area contributed by atoms with E-state index in [0.29, 0.717) is 28.6 Å². The van der Waals surface area contributed by atoms with Crippen molar-refractivity contribution in [3.63, 3.8) is 0 Å². The average Bonchev–Trinajstić information content (AvgIpc) is 2.69. The molecule has 0 aliphatic rings. The molecule has 0 unspecified atom stereocenters. The zero-order chi connectivity index (χ0) is 18.4. The van der Waals surface area contributed by atoms with Crippen LogP contribution in [0.1, 0.15) is 35.3 Å². The number of carbonyl (C=O) groups is 1.